The molecule has 0 aliphatic carbocycles. The van der Waals surface area contributed by atoms with Crippen LogP contribution in [0.15, 0.2) is 47.5 Å². The van der Waals surface area contributed by atoms with E-state index in [1.165, 1.54) is 24.1 Å². The maximum atomic E-state index is 13.0. The van der Waals surface area contributed by atoms with Crippen LogP contribution >= 0.6 is 0 Å². The first kappa shape index (κ1) is 32.9. The van der Waals surface area contributed by atoms with Crippen molar-refractivity contribution >= 4 is 32.6 Å². The number of nitrogens with one attached hydrogen (secondary N) is 2. The number of ether oxygens (including phenoxy) is 3. The Labute approximate surface area is 260 Å². The van der Waals surface area contributed by atoms with Crippen molar-refractivity contribution < 1.29 is 37.9 Å². The second kappa shape index (κ2) is 14.7. The Morgan fingerprint density at radius 1 is 1.13 bits per heavy atom. The van der Waals surface area contributed by atoms with E-state index in [4.69, 9.17) is 14.2 Å². The lowest BCUT2D eigenvalue weighted by molar-refractivity contribution is -0.292. The number of aliphatic hydroxyl groups excluding tert-OH is 3. The monoisotopic (exact) mass is 643 g/mol. The number of nitrogens with zero attached hydrogens (tertiary/aromatic N) is 5. The molecule has 2 saturated heterocycles. The number of allylic oxidation sites excluding steroid dienone is 1. The van der Waals surface area contributed by atoms with E-state index < -0.39 is 45.6 Å². The summed E-state index contributed by atoms with van der Waals surface area (Å²) in [6.07, 6.45) is -3.72. The normalized spacial score (nSPS) is 24.9. The molecular weight excluding hydrogens is 606 g/mol. The summed E-state index contributed by atoms with van der Waals surface area (Å²) < 4.78 is 45.5. The van der Waals surface area contributed by atoms with Crippen LogP contribution in [0.2, 0.25) is 0 Å². The number of aromatic nitrogens is 3. The largest absolute Gasteiger partial charge is 0.388 e. The van der Waals surface area contributed by atoms with E-state index in [1.54, 1.807) is 12.1 Å². The number of anilines is 1. The van der Waals surface area contributed by atoms with Crippen molar-refractivity contribution in [3.63, 3.8) is 0 Å². The molecule has 0 bridgehead atoms. The average molecular weight is 644 g/mol. The van der Waals surface area contributed by atoms with Crippen LogP contribution < -0.4 is 10.0 Å². The molecule has 5 atom stereocenters. The maximum absolute atomic E-state index is 13.0. The van der Waals surface area contributed by atoms with Crippen LogP contribution in [-0.4, -0.2) is 121 Å². The van der Waals surface area contributed by atoms with Gasteiger partial charge in [0, 0.05) is 45.2 Å². The Morgan fingerprint density at radius 2 is 1.89 bits per heavy atom. The molecular formula is C29H37N7O8S. The van der Waals surface area contributed by atoms with Gasteiger partial charge in [-0.1, -0.05) is 23.4 Å². The number of rotatable bonds is 12. The lowest BCUT2D eigenvalue weighted by Gasteiger charge is -2.39. The minimum Gasteiger partial charge on any atom is -0.388 e. The minimum atomic E-state index is -4.19. The van der Waals surface area contributed by atoms with E-state index in [9.17, 15) is 29.0 Å². The van der Waals surface area contributed by atoms with Gasteiger partial charge in [0.25, 0.3) is 10.0 Å². The van der Waals surface area contributed by atoms with Gasteiger partial charge >= 0.3 is 0 Å². The summed E-state index contributed by atoms with van der Waals surface area (Å²) in [7, 11) is -2.90. The van der Waals surface area contributed by atoms with Crippen molar-refractivity contribution in [2.24, 2.45) is 0 Å². The highest BCUT2D eigenvalue weighted by Crippen LogP contribution is 2.24. The lowest BCUT2D eigenvalue weighted by atomic mass is 9.99. The second-order valence-electron chi connectivity index (χ2n) is 10.8. The fraction of sp³-hybridized carbons (Fsp3) is 0.483. The van der Waals surface area contributed by atoms with Gasteiger partial charge in [0.2, 0.25) is 0 Å². The number of fused-ring (bicyclic) bond motifs is 1. The molecule has 242 valence electrons. The van der Waals surface area contributed by atoms with E-state index in [0.717, 1.165) is 55.9 Å². The van der Waals surface area contributed by atoms with Gasteiger partial charge in [0.05, 0.1) is 32.0 Å². The average Bonchev–Trinajstić information content (AvgIpc) is 3.50. The zero-order valence-corrected chi connectivity index (χ0v) is 25.5. The van der Waals surface area contributed by atoms with Crippen molar-refractivity contribution in [1.29, 1.82) is 5.26 Å². The Morgan fingerprint density at radius 3 is 2.64 bits per heavy atom. The third-order valence-corrected chi connectivity index (χ3v) is 9.03. The van der Waals surface area contributed by atoms with Crippen LogP contribution in [0, 0.1) is 11.3 Å². The molecule has 2 aliphatic heterocycles. The number of methoxy groups -OCH3 is 1. The first-order valence-electron chi connectivity index (χ1n) is 14.5. The van der Waals surface area contributed by atoms with Crippen molar-refractivity contribution in [2.75, 3.05) is 51.8 Å². The Balaban J connectivity index is 1.18. The Hall–Kier alpha value is -3.50. The number of sulfonamides is 1. The van der Waals surface area contributed by atoms with Crippen molar-refractivity contribution in [3.8, 4) is 6.07 Å². The quantitative estimate of drug-likeness (QED) is 0.160. The molecule has 16 heteroatoms. The molecule has 0 amide bonds. The molecule has 2 aromatic carbocycles. The zero-order valence-electron chi connectivity index (χ0n) is 24.7. The Bertz CT molecular complexity index is 1630. The molecule has 2 aliphatic rings. The van der Waals surface area contributed by atoms with E-state index in [0.29, 0.717) is 5.56 Å². The van der Waals surface area contributed by atoms with Crippen LogP contribution in [0.1, 0.15) is 11.3 Å². The SMILES string of the molecule is COC1OC(Cn2cc(CNS(=O)(=O)C(C#N)=Cc3ccc4cc(NCCN5CCOCC5)ccc4c3)nn2)C(O)C(O)C1O. The van der Waals surface area contributed by atoms with Gasteiger partial charge in [-0.2, -0.15) is 5.26 Å². The summed E-state index contributed by atoms with van der Waals surface area (Å²) in [5.41, 5.74) is 1.78. The lowest BCUT2D eigenvalue weighted by Crippen LogP contribution is -2.58. The number of hydrogen-bond acceptors (Lipinski definition) is 13. The molecule has 15 nitrogen and oxygen atoms in total. The first-order valence-corrected chi connectivity index (χ1v) is 16.0. The first-order chi connectivity index (χ1) is 21.7. The van der Waals surface area contributed by atoms with Gasteiger partial charge in [-0.3, -0.25) is 4.90 Å². The van der Waals surface area contributed by atoms with Gasteiger partial charge in [-0.25, -0.2) is 17.8 Å². The second-order valence-corrected chi connectivity index (χ2v) is 12.6. The van der Waals surface area contributed by atoms with Gasteiger partial charge in [-0.05, 0) is 40.6 Å². The van der Waals surface area contributed by atoms with Crippen LogP contribution in [0.4, 0.5) is 5.69 Å². The van der Waals surface area contributed by atoms with Crippen LogP contribution in [-0.2, 0) is 37.3 Å². The summed E-state index contributed by atoms with van der Waals surface area (Å²) in [6, 6.07) is 13.2. The molecule has 2 fully saturated rings. The predicted octanol–water partition coefficient (Wildman–Crippen LogP) is -0.387. The highest BCUT2D eigenvalue weighted by molar-refractivity contribution is 7.93. The van der Waals surface area contributed by atoms with E-state index >= 15 is 0 Å². The van der Waals surface area contributed by atoms with Gasteiger partial charge in [0.1, 0.15) is 30.5 Å². The van der Waals surface area contributed by atoms with E-state index in [-0.39, 0.29) is 18.8 Å². The fourth-order valence-corrected chi connectivity index (χ4v) is 6.08. The summed E-state index contributed by atoms with van der Waals surface area (Å²) in [5.74, 6) is 0. The smallest absolute Gasteiger partial charge is 0.251 e. The molecule has 3 aromatic rings. The fourth-order valence-electron chi connectivity index (χ4n) is 5.17. The standard InChI is InChI=1S/C29H37N7O8S/c1-42-29-28(39)27(38)26(37)25(44-29)18-36-17-23(33-34-36)16-32-45(40,41)24(15-30)13-19-2-3-21-14-22(5-4-20(21)12-19)31-6-7-35-8-10-43-11-9-35/h2-5,12-14,17,25-29,31-32,37-39H,6-11,16,18H2,1H3. The predicted molar refractivity (Wildman–Crippen MR) is 163 cm³/mol. The summed E-state index contributed by atoms with van der Waals surface area (Å²) in [5, 5.41) is 53.1. The molecule has 1 aromatic heterocycles. The van der Waals surface area contributed by atoms with E-state index in [1.807, 2.05) is 30.3 Å². The topological polar surface area (TPSA) is 204 Å². The van der Waals surface area contributed by atoms with Gasteiger partial charge in [-0.15, -0.1) is 5.10 Å². The minimum absolute atomic E-state index is 0.0537. The number of aliphatic hydroxyl groups is 3. The number of morpholine rings is 1. The highest BCUT2D eigenvalue weighted by atomic mass is 32.2. The van der Waals surface area contributed by atoms with Crippen LogP contribution in [0.25, 0.3) is 16.8 Å². The van der Waals surface area contributed by atoms with Crippen molar-refractivity contribution in [3.05, 3.63) is 58.8 Å². The van der Waals surface area contributed by atoms with Crippen LogP contribution in [0.5, 0.6) is 0 Å². The Kier molecular flexibility index (Phi) is 10.8. The zero-order chi connectivity index (χ0) is 32.0. The molecule has 3 heterocycles. The van der Waals surface area contributed by atoms with Gasteiger partial charge < -0.3 is 34.8 Å². The molecule has 45 heavy (non-hydrogen) atoms. The number of hydrogen-bond donors (Lipinski definition) is 5. The summed E-state index contributed by atoms with van der Waals surface area (Å²) in [4.78, 5) is 1.89. The third kappa shape index (κ3) is 8.21. The van der Waals surface area contributed by atoms with Crippen molar-refractivity contribution in [2.45, 2.75) is 43.8 Å². The molecule has 5 N–H and O–H groups in total. The number of nitriles is 1. The highest BCUT2D eigenvalue weighted by Gasteiger charge is 2.44. The van der Waals surface area contributed by atoms with Crippen LogP contribution in [0.3, 0.4) is 0 Å². The molecule has 5 rings (SSSR count). The summed E-state index contributed by atoms with van der Waals surface area (Å²) in [6.45, 7) is 4.82. The van der Waals surface area contributed by atoms with Crippen molar-refractivity contribution in [1.82, 2.24) is 24.6 Å². The molecule has 0 radical (unpaired) electrons. The maximum Gasteiger partial charge on any atom is 0.251 e. The number of benzene rings is 2. The molecule has 5 unspecified atom stereocenters. The molecule has 0 spiro atoms. The third-order valence-electron chi connectivity index (χ3n) is 7.72. The summed E-state index contributed by atoms with van der Waals surface area (Å²) >= 11 is 0. The van der Waals surface area contributed by atoms with Gasteiger partial charge in [0.15, 0.2) is 11.2 Å². The molecule has 0 saturated carbocycles. The van der Waals surface area contributed by atoms with E-state index in [2.05, 4.69) is 25.3 Å².